The molecule has 3 heterocycles. The summed E-state index contributed by atoms with van der Waals surface area (Å²) < 4.78 is 1.82. The van der Waals surface area contributed by atoms with Crippen LogP contribution in [0, 0.1) is 20.8 Å². The lowest BCUT2D eigenvalue weighted by atomic mass is 10.3. The monoisotopic (exact) mass is 250 g/mol. The third-order valence-corrected chi connectivity index (χ3v) is 4.01. The molecule has 0 aliphatic heterocycles. The highest BCUT2D eigenvalue weighted by molar-refractivity contribution is 7.16. The minimum Gasteiger partial charge on any atom is -0.240 e. The number of aryl methyl sites for hydroxylation is 3. The van der Waals surface area contributed by atoms with Gasteiger partial charge in [0.05, 0.1) is 11.2 Å². The van der Waals surface area contributed by atoms with E-state index in [0.717, 1.165) is 26.4 Å². The van der Waals surface area contributed by atoms with E-state index in [1.807, 2.05) is 24.6 Å². The number of thiazole rings is 1. The molecule has 0 saturated carbocycles. The van der Waals surface area contributed by atoms with Crippen LogP contribution >= 0.6 is 22.7 Å². The molecule has 0 amide bonds. The molecule has 16 heavy (non-hydrogen) atoms. The van der Waals surface area contributed by atoms with Gasteiger partial charge in [-0.25, -0.2) is 14.5 Å². The smallest absolute Gasteiger partial charge is 0.212 e. The van der Waals surface area contributed by atoms with Gasteiger partial charge in [0.1, 0.15) is 16.4 Å². The van der Waals surface area contributed by atoms with Crippen LogP contribution < -0.4 is 0 Å². The van der Waals surface area contributed by atoms with Gasteiger partial charge in [-0.1, -0.05) is 11.3 Å². The number of aromatic nitrogens is 4. The molecule has 0 spiro atoms. The first-order chi connectivity index (χ1) is 7.63. The van der Waals surface area contributed by atoms with E-state index in [2.05, 4.69) is 22.0 Å². The molecule has 82 valence electrons. The maximum absolute atomic E-state index is 4.54. The summed E-state index contributed by atoms with van der Waals surface area (Å²) in [5.41, 5.74) is 1.90. The van der Waals surface area contributed by atoms with Gasteiger partial charge in [-0.15, -0.1) is 11.3 Å². The van der Waals surface area contributed by atoms with E-state index in [0.29, 0.717) is 0 Å². The van der Waals surface area contributed by atoms with E-state index >= 15 is 0 Å². The molecule has 0 atom stereocenters. The molecule has 0 fully saturated rings. The van der Waals surface area contributed by atoms with Crippen molar-refractivity contribution in [2.75, 3.05) is 0 Å². The van der Waals surface area contributed by atoms with Crippen molar-refractivity contribution >= 4 is 27.6 Å². The van der Waals surface area contributed by atoms with Crippen molar-refractivity contribution in [3.63, 3.8) is 0 Å². The quantitative estimate of drug-likeness (QED) is 0.667. The molecule has 0 bridgehead atoms. The fourth-order valence-corrected chi connectivity index (χ4v) is 3.23. The molecule has 3 aromatic rings. The van der Waals surface area contributed by atoms with E-state index in [1.54, 1.807) is 22.7 Å². The van der Waals surface area contributed by atoms with Crippen molar-refractivity contribution < 1.29 is 0 Å². The van der Waals surface area contributed by atoms with Crippen LogP contribution in [0.4, 0.5) is 0 Å². The first-order valence-corrected chi connectivity index (χ1v) is 6.54. The Bertz CT molecular complexity index is 630. The summed E-state index contributed by atoms with van der Waals surface area (Å²) in [6.07, 6.45) is 1.94. The lowest BCUT2D eigenvalue weighted by Gasteiger charge is -1.89. The van der Waals surface area contributed by atoms with Crippen molar-refractivity contribution in [2.45, 2.75) is 20.8 Å². The van der Waals surface area contributed by atoms with Crippen molar-refractivity contribution in [3.05, 3.63) is 21.1 Å². The van der Waals surface area contributed by atoms with Gasteiger partial charge in [-0.05, 0) is 20.8 Å². The third kappa shape index (κ3) is 1.45. The number of nitrogens with zero attached hydrogens (tertiary/aromatic N) is 4. The van der Waals surface area contributed by atoms with Gasteiger partial charge in [-0.3, -0.25) is 0 Å². The molecular weight excluding hydrogens is 240 g/mol. The van der Waals surface area contributed by atoms with Crippen molar-refractivity contribution in [1.82, 2.24) is 19.6 Å². The van der Waals surface area contributed by atoms with Crippen LogP contribution in [0.5, 0.6) is 0 Å². The Balaban J connectivity index is 2.18. The van der Waals surface area contributed by atoms with Gasteiger partial charge < -0.3 is 0 Å². The van der Waals surface area contributed by atoms with Gasteiger partial charge in [-0.2, -0.15) is 5.10 Å². The second-order valence-electron chi connectivity index (χ2n) is 3.61. The second-order valence-corrected chi connectivity index (χ2v) is 6.18. The van der Waals surface area contributed by atoms with E-state index in [-0.39, 0.29) is 0 Å². The Hall–Kier alpha value is -1.27. The number of hydrogen-bond acceptors (Lipinski definition) is 5. The summed E-state index contributed by atoms with van der Waals surface area (Å²) in [5.74, 6) is 0. The fourth-order valence-electron chi connectivity index (χ4n) is 1.68. The normalized spacial score (nSPS) is 11.4. The molecule has 0 unspecified atom stereocenters. The highest BCUT2D eigenvalue weighted by atomic mass is 32.1. The van der Waals surface area contributed by atoms with E-state index in [1.165, 1.54) is 4.88 Å². The van der Waals surface area contributed by atoms with Crippen LogP contribution in [0.1, 0.15) is 14.9 Å². The third-order valence-electron chi connectivity index (χ3n) is 2.29. The largest absolute Gasteiger partial charge is 0.240 e. The number of rotatable bonds is 1. The summed E-state index contributed by atoms with van der Waals surface area (Å²) in [6, 6.07) is 0. The van der Waals surface area contributed by atoms with E-state index in [4.69, 9.17) is 0 Å². The molecule has 0 aromatic carbocycles. The van der Waals surface area contributed by atoms with Crippen LogP contribution in [-0.4, -0.2) is 19.6 Å². The average Bonchev–Trinajstić information content (AvgIpc) is 2.78. The zero-order chi connectivity index (χ0) is 11.3. The topological polar surface area (TPSA) is 43.1 Å². The minimum absolute atomic E-state index is 0.917. The predicted molar refractivity (Wildman–Crippen MR) is 66.2 cm³/mol. The minimum atomic E-state index is 0.917. The number of imidazole rings is 1. The van der Waals surface area contributed by atoms with E-state index < -0.39 is 0 Å². The molecule has 3 rings (SSSR count). The first-order valence-electron chi connectivity index (χ1n) is 4.91. The maximum atomic E-state index is 4.54. The molecule has 4 nitrogen and oxygen atoms in total. The average molecular weight is 250 g/mol. The van der Waals surface area contributed by atoms with Crippen LogP contribution in [0.2, 0.25) is 0 Å². The lowest BCUT2D eigenvalue weighted by molar-refractivity contribution is 0.946. The Morgan fingerprint density at radius 3 is 2.50 bits per heavy atom. The fraction of sp³-hybridized carbons (Fsp3) is 0.300. The lowest BCUT2D eigenvalue weighted by Crippen LogP contribution is -1.82. The summed E-state index contributed by atoms with van der Waals surface area (Å²) in [6.45, 7) is 6.07. The highest BCUT2D eigenvalue weighted by Crippen LogP contribution is 2.27. The van der Waals surface area contributed by atoms with E-state index in [9.17, 15) is 0 Å². The Kier molecular flexibility index (Phi) is 2.08. The van der Waals surface area contributed by atoms with Crippen LogP contribution in [-0.2, 0) is 0 Å². The van der Waals surface area contributed by atoms with Crippen LogP contribution in [0.25, 0.3) is 16.3 Å². The molecule has 6 heteroatoms. The Morgan fingerprint density at radius 2 is 1.88 bits per heavy atom. The SMILES string of the molecule is Cc1nc(-c2cn3nc(C)sc3n2)c(C)s1. The predicted octanol–water partition coefficient (Wildman–Crippen LogP) is 2.84. The highest BCUT2D eigenvalue weighted by Gasteiger charge is 2.13. The van der Waals surface area contributed by atoms with Gasteiger partial charge >= 0.3 is 0 Å². The zero-order valence-corrected chi connectivity index (χ0v) is 10.8. The van der Waals surface area contributed by atoms with Gasteiger partial charge in [0.2, 0.25) is 4.96 Å². The number of fused-ring (bicyclic) bond motifs is 1. The van der Waals surface area contributed by atoms with Crippen LogP contribution in [0.3, 0.4) is 0 Å². The summed E-state index contributed by atoms with van der Waals surface area (Å²) in [4.78, 5) is 11.2. The first kappa shape index (κ1) is 9.92. The molecular formula is C10H10N4S2. The molecule has 0 radical (unpaired) electrons. The van der Waals surface area contributed by atoms with Gasteiger partial charge in [0.15, 0.2) is 0 Å². The maximum Gasteiger partial charge on any atom is 0.212 e. The Morgan fingerprint density at radius 1 is 1.06 bits per heavy atom. The van der Waals surface area contributed by atoms with Crippen molar-refractivity contribution in [2.24, 2.45) is 0 Å². The molecule has 0 saturated heterocycles. The molecule has 0 N–H and O–H groups in total. The second kappa shape index (κ2) is 3.36. The molecule has 3 aromatic heterocycles. The summed E-state index contributed by atoms with van der Waals surface area (Å²) in [7, 11) is 0. The molecule has 0 aliphatic rings. The van der Waals surface area contributed by atoms with Crippen LogP contribution in [0.15, 0.2) is 6.20 Å². The number of hydrogen-bond donors (Lipinski definition) is 0. The van der Waals surface area contributed by atoms with Crippen molar-refractivity contribution in [3.8, 4) is 11.4 Å². The summed E-state index contributed by atoms with van der Waals surface area (Å²) in [5, 5.41) is 6.45. The summed E-state index contributed by atoms with van der Waals surface area (Å²) >= 11 is 3.30. The molecule has 0 aliphatic carbocycles. The Labute approximate surface area is 101 Å². The van der Waals surface area contributed by atoms with Gasteiger partial charge in [0, 0.05) is 4.88 Å². The zero-order valence-electron chi connectivity index (χ0n) is 9.18. The van der Waals surface area contributed by atoms with Crippen molar-refractivity contribution in [1.29, 1.82) is 0 Å². The standard InChI is InChI=1S/C10H10N4S2/c1-5-9(11-6(2)15-5)8-4-14-10(12-8)16-7(3)13-14/h4H,1-3H3. The van der Waals surface area contributed by atoms with Gasteiger partial charge in [0.25, 0.3) is 0 Å².